The maximum atomic E-state index is 11.9. The van der Waals surface area contributed by atoms with E-state index < -0.39 is 0 Å². The summed E-state index contributed by atoms with van der Waals surface area (Å²) < 4.78 is 10.9. The Hall–Kier alpha value is -2.33. The minimum atomic E-state index is 0. The lowest BCUT2D eigenvalue weighted by Gasteiger charge is -2.16. The van der Waals surface area contributed by atoms with Gasteiger partial charge in [-0.2, -0.15) is 0 Å². The van der Waals surface area contributed by atoms with Gasteiger partial charge >= 0.3 is 0 Å². The summed E-state index contributed by atoms with van der Waals surface area (Å²) in [6, 6.07) is 16.0. The number of amides is 1. The van der Waals surface area contributed by atoms with Crippen LogP contribution in [0.15, 0.2) is 53.5 Å². The highest BCUT2D eigenvalue weighted by Gasteiger charge is 2.21. The number of rotatable bonds is 10. The minimum Gasteiger partial charge on any atom is -0.497 e. The van der Waals surface area contributed by atoms with E-state index in [1.54, 1.807) is 14.2 Å². The number of nitrogens with zero attached hydrogens (tertiary/aromatic N) is 2. The van der Waals surface area contributed by atoms with Gasteiger partial charge in [0.15, 0.2) is 5.96 Å². The van der Waals surface area contributed by atoms with Gasteiger partial charge in [0.2, 0.25) is 5.91 Å². The molecule has 1 amide bonds. The van der Waals surface area contributed by atoms with Crippen LogP contribution in [0.5, 0.6) is 5.75 Å². The SMILES string of the molecule is CN=C(NCCCOCc1ccc(OC)cc1)NCc1ccc(N2CCCC2=O)cc1.I. The molecule has 1 fully saturated rings. The van der Waals surface area contributed by atoms with E-state index in [1.165, 1.54) is 0 Å². The average molecular weight is 552 g/mol. The highest BCUT2D eigenvalue weighted by molar-refractivity contribution is 14.0. The zero-order chi connectivity index (χ0) is 21.9. The lowest BCUT2D eigenvalue weighted by molar-refractivity contribution is -0.117. The summed E-state index contributed by atoms with van der Waals surface area (Å²) in [4.78, 5) is 18.0. The summed E-state index contributed by atoms with van der Waals surface area (Å²) >= 11 is 0. The van der Waals surface area contributed by atoms with Gasteiger partial charge in [-0.3, -0.25) is 9.79 Å². The Morgan fingerprint density at radius 3 is 2.41 bits per heavy atom. The fourth-order valence-corrected chi connectivity index (χ4v) is 3.41. The standard InChI is InChI=1S/C24H32N4O3.HI/c1-25-24(26-14-4-16-31-18-20-8-12-22(30-2)13-9-20)27-17-19-6-10-21(11-7-19)28-15-3-5-23(28)29;/h6-13H,3-5,14-18H2,1-2H3,(H2,25,26,27);1H. The molecule has 174 valence electrons. The van der Waals surface area contributed by atoms with E-state index in [0.717, 1.165) is 54.5 Å². The van der Waals surface area contributed by atoms with Crippen LogP contribution in [-0.4, -0.2) is 45.7 Å². The Kier molecular flexibility index (Phi) is 11.3. The van der Waals surface area contributed by atoms with Crippen molar-refractivity contribution < 1.29 is 14.3 Å². The molecule has 0 bridgehead atoms. The molecule has 2 aromatic carbocycles. The van der Waals surface area contributed by atoms with Crippen LogP contribution in [0.1, 0.15) is 30.4 Å². The second-order valence-corrected chi connectivity index (χ2v) is 7.42. The van der Waals surface area contributed by atoms with Crippen molar-refractivity contribution in [2.75, 3.05) is 38.8 Å². The molecule has 1 aliphatic heterocycles. The maximum absolute atomic E-state index is 11.9. The van der Waals surface area contributed by atoms with Crippen molar-refractivity contribution in [1.82, 2.24) is 10.6 Å². The number of ether oxygens (including phenoxy) is 2. The number of carbonyl (C=O) groups is 1. The molecule has 8 heteroatoms. The predicted molar refractivity (Wildman–Crippen MR) is 139 cm³/mol. The van der Waals surface area contributed by atoms with Gasteiger partial charge in [-0.05, 0) is 48.2 Å². The lowest BCUT2D eigenvalue weighted by Crippen LogP contribution is -2.37. The molecule has 0 unspecified atom stereocenters. The van der Waals surface area contributed by atoms with E-state index in [-0.39, 0.29) is 29.9 Å². The second kappa shape index (κ2) is 13.9. The van der Waals surface area contributed by atoms with Crippen molar-refractivity contribution >= 4 is 41.5 Å². The topological polar surface area (TPSA) is 75.2 Å². The maximum Gasteiger partial charge on any atom is 0.227 e. The Morgan fingerprint density at radius 2 is 1.78 bits per heavy atom. The normalized spacial score (nSPS) is 13.6. The van der Waals surface area contributed by atoms with Crippen molar-refractivity contribution in [3.05, 3.63) is 59.7 Å². The molecule has 32 heavy (non-hydrogen) atoms. The van der Waals surface area contributed by atoms with Gasteiger partial charge in [0.25, 0.3) is 0 Å². The first-order valence-corrected chi connectivity index (χ1v) is 10.7. The van der Waals surface area contributed by atoms with Crippen LogP contribution in [0.2, 0.25) is 0 Å². The molecular weight excluding hydrogens is 519 g/mol. The summed E-state index contributed by atoms with van der Waals surface area (Å²) in [5.74, 6) is 1.82. The van der Waals surface area contributed by atoms with Crippen LogP contribution >= 0.6 is 24.0 Å². The number of guanidine groups is 1. The van der Waals surface area contributed by atoms with Gasteiger partial charge in [0.1, 0.15) is 5.75 Å². The zero-order valence-electron chi connectivity index (χ0n) is 18.8. The minimum absolute atomic E-state index is 0. The number of hydrogen-bond donors (Lipinski definition) is 2. The molecule has 3 rings (SSSR count). The molecule has 0 spiro atoms. The highest BCUT2D eigenvalue weighted by Crippen LogP contribution is 2.21. The van der Waals surface area contributed by atoms with Crippen LogP contribution in [0.3, 0.4) is 0 Å². The Labute approximate surface area is 207 Å². The van der Waals surface area contributed by atoms with Crippen LogP contribution in [0.4, 0.5) is 5.69 Å². The fourth-order valence-electron chi connectivity index (χ4n) is 3.41. The number of carbonyl (C=O) groups excluding carboxylic acids is 1. The average Bonchev–Trinajstić information content (AvgIpc) is 3.24. The fraction of sp³-hybridized carbons (Fsp3) is 0.417. The summed E-state index contributed by atoms with van der Waals surface area (Å²) in [5, 5.41) is 6.62. The van der Waals surface area contributed by atoms with Gasteiger partial charge < -0.3 is 25.0 Å². The number of halogens is 1. The number of benzene rings is 2. The highest BCUT2D eigenvalue weighted by atomic mass is 127. The number of aliphatic imine (C=N–C) groups is 1. The smallest absolute Gasteiger partial charge is 0.227 e. The largest absolute Gasteiger partial charge is 0.497 e. The number of hydrogen-bond acceptors (Lipinski definition) is 4. The molecular formula is C24H33IN4O3. The molecule has 0 saturated carbocycles. The first-order chi connectivity index (χ1) is 15.2. The van der Waals surface area contributed by atoms with Crippen LogP contribution < -0.4 is 20.3 Å². The number of nitrogens with one attached hydrogen (secondary N) is 2. The number of anilines is 1. The number of methoxy groups -OCH3 is 1. The molecule has 2 aromatic rings. The van der Waals surface area contributed by atoms with E-state index in [4.69, 9.17) is 9.47 Å². The molecule has 7 nitrogen and oxygen atoms in total. The summed E-state index contributed by atoms with van der Waals surface area (Å²) in [6.45, 7) is 3.53. The molecule has 1 saturated heterocycles. The molecule has 1 heterocycles. The van der Waals surface area contributed by atoms with E-state index in [2.05, 4.69) is 15.6 Å². The summed E-state index contributed by atoms with van der Waals surface area (Å²) in [5.41, 5.74) is 3.25. The zero-order valence-corrected chi connectivity index (χ0v) is 21.1. The monoisotopic (exact) mass is 552 g/mol. The lowest BCUT2D eigenvalue weighted by atomic mass is 10.2. The van der Waals surface area contributed by atoms with E-state index in [9.17, 15) is 4.79 Å². The summed E-state index contributed by atoms with van der Waals surface area (Å²) in [7, 11) is 3.42. The van der Waals surface area contributed by atoms with Gasteiger partial charge in [-0.15, -0.1) is 24.0 Å². The quantitative estimate of drug-likeness (QED) is 0.204. The molecule has 1 aliphatic rings. The summed E-state index contributed by atoms with van der Waals surface area (Å²) in [6.07, 6.45) is 2.48. The van der Waals surface area contributed by atoms with Crippen molar-refractivity contribution in [3.8, 4) is 5.75 Å². The third kappa shape index (κ3) is 7.98. The predicted octanol–water partition coefficient (Wildman–Crippen LogP) is 3.71. The second-order valence-electron chi connectivity index (χ2n) is 7.42. The van der Waals surface area contributed by atoms with Crippen LogP contribution in [-0.2, 0) is 22.7 Å². The van der Waals surface area contributed by atoms with E-state index in [1.807, 2.05) is 53.4 Å². The molecule has 0 aliphatic carbocycles. The Balaban J connectivity index is 0.00000363. The van der Waals surface area contributed by atoms with Crippen molar-refractivity contribution in [2.45, 2.75) is 32.4 Å². The van der Waals surface area contributed by atoms with Crippen LogP contribution in [0, 0.1) is 0 Å². The first kappa shape index (κ1) is 25.9. The molecule has 0 aromatic heterocycles. The molecule has 2 N–H and O–H groups in total. The third-order valence-corrected chi connectivity index (χ3v) is 5.19. The van der Waals surface area contributed by atoms with Gasteiger partial charge in [0.05, 0.1) is 13.7 Å². The first-order valence-electron chi connectivity index (χ1n) is 10.7. The van der Waals surface area contributed by atoms with Gasteiger partial charge in [-0.1, -0.05) is 24.3 Å². The Morgan fingerprint density at radius 1 is 1.06 bits per heavy atom. The third-order valence-electron chi connectivity index (χ3n) is 5.19. The van der Waals surface area contributed by atoms with Gasteiger partial charge in [-0.25, -0.2) is 0 Å². The van der Waals surface area contributed by atoms with Crippen molar-refractivity contribution in [2.24, 2.45) is 4.99 Å². The van der Waals surface area contributed by atoms with E-state index in [0.29, 0.717) is 26.2 Å². The Bertz CT molecular complexity index is 857. The molecule has 0 radical (unpaired) electrons. The van der Waals surface area contributed by atoms with Gasteiger partial charge in [0, 0.05) is 45.4 Å². The van der Waals surface area contributed by atoms with Crippen molar-refractivity contribution in [3.63, 3.8) is 0 Å². The van der Waals surface area contributed by atoms with Crippen LogP contribution in [0.25, 0.3) is 0 Å². The van der Waals surface area contributed by atoms with Crippen molar-refractivity contribution in [1.29, 1.82) is 0 Å². The molecule has 0 atom stereocenters. The van der Waals surface area contributed by atoms with E-state index >= 15 is 0 Å².